The lowest BCUT2D eigenvalue weighted by Gasteiger charge is -2.40. The fraction of sp³-hybridized carbons (Fsp3) is 0.242. The first kappa shape index (κ1) is 25.4. The van der Waals surface area contributed by atoms with Crippen molar-refractivity contribution in [2.75, 3.05) is 6.54 Å². The Labute approximate surface area is 225 Å². The van der Waals surface area contributed by atoms with E-state index >= 15 is 0 Å². The Morgan fingerprint density at radius 1 is 0.921 bits per heavy atom. The molecule has 1 aliphatic heterocycles. The van der Waals surface area contributed by atoms with E-state index in [0.717, 1.165) is 29.2 Å². The van der Waals surface area contributed by atoms with Gasteiger partial charge in [-0.3, -0.25) is 9.79 Å². The van der Waals surface area contributed by atoms with Gasteiger partial charge in [-0.2, -0.15) is 0 Å². The lowest BCUT2D eigenvalue weighted by atomic mass is 9.84. The Morgan fingerprint density at radius 2 is 1.55 bits per heavy atom. The number of allylic oxidation sites excluding steroid dienone is 1. The highest BCUT2D eigenvalue weighted by Gasteiger charge is 2.39. The molecule has 5 nitrogen and oxygen atoms in total. The lowest BCUT2D eigenvalue weighted by Crippen LogP contribution is -2.43. The molecule has 1 atom stereocenters. The van der Waals surface area contributed by atoms with Crippen LogP contribution in [0.5, 0.6) is 0 Å². The molecule has 2 heterocycles. The summed E-state index contributed by atoms with van der Waals surface area (Å²) in [6, 6.07) is 29.9. The van der Waals surface area contributed by atoms with Crippen molar-refractivity contribution in [3.8, 4) is 11.3 Å². The average Bonchev–Trinajstić information content (AvgIpc) is 3.59. The first-order chi connectivity index (χ1) is 18.4. The Hall–Kier alpha value is -4.25. The van der Waals surface area contributed by atoms with Crippen LogP contribution in [0.1, 0.15) is 55.0 Å². The van der Waals surface area contributed by atoms with E-state index in [1.165, 1.54) is 5.56 Å². The highest BCUT2D eigenvalue weighted by molar-refractivity contribution is 5.94. The minimum absolute atomic E-state index is 0.0240. The van der Waals surface area contributed by atoms with Gasteiger partial charge in [-0.25, -0.2) is 4.98 Å². The zero-order chi connectivity index (χ0) is 26.5. The van der Waals surface area contributed by atoms with Crippen LogP contribution in [0, 0.1) is 5.41 Å². The first-order valence-corrected chi connectivity index (χ1v) is 13.1. The largest absolute Gasteiger partial charge is 0.328 e. The summed E-state index contributed by atoms with van der Waals surface area (Å²) >= 11 is 0. The summed E-state index contributed by atoms with van der Waals surface area (Å²) in [6.07, 6.45) is 6.91. The van der Waals surface area contributed by atoms with Crippen molar-refractivity contribution in [3.05, 3.63) is 126 Å². The van der Waals surface area contributed by atoms with Gasteiger partial charge in [0.25, 0.3) is 5.91 Å². The molecule has 4 aromatic rings. The predicted octanol–water partition coefficient (Wildman–Crippen LogP) is 7.19. The molecule has 0 N–H and O–H groups in total. The molecule has 5 heteroatoms. The lowest BCUT2D eigenvalue weighted by molar-refractivity contribution is 0.0515. The van der Waals surface area contributed by atoms with Crippen LogP contribution < -0.4 is 0 Å². The number of aliphatic imine (C=N–C) groups is 1. The second-order valence-corrected chi connectivity index (χ2v) is 10.8. The third-order valence-electron chi connectivity index (χ3n) is 6.78. The van der Waals surface area contributed by atoms with Crippen molar-refractivity contribution in [2.45, 2.75) is 39.8 Å². The Kier molecular flexibility index (Phi) is 7.36. The smallest absolute Gasteiger partial charge is 0.254 e. The van der Waals surface area contributed by atoms with Crippen molar-refractivity contribution < 1.29 is 4.79 Å². The third-order valence-corrected chi connectivity index (χ3v) is 6.78. The number of amides is 1. The van der Waals surface area contributed by atoms with E-state index in [9.17, 15) is 4.79 Å². The second-order valence-electron chi connectivity index (χ2n) is 10.8. The predicted molar refractivity (Wildman–Crippen MR) is 154 cm³/mol. The van der Waals surface area contributed by atoms with Gasteiger partial charge in [-0.05, 0) is 23.1 Å². The van der Waals surface area contributed by atoms with Crippen LogP contribution >= 0.6 is 0 Å². The van der Waals surface area contributed by atoms with E-state index in [0.29, 0.717) is 18.7 Å². The standard InChI is InChI=1S/C33H34N4O/c1-33(2,3)30(37(23-28-20-13-21-34-28)32(38)27-18-11-6-12-19-27)31-35-29(26-16-9-5-10-17-26)24-36(31)22-25-14-7-4-8-15-25/h4-12,14-21,24,30H,13,22-23H2,1-3H3/t30-/m0/s1. The number of benzene rings is 3. The van der Waals surface area contributed by atoms with Gasteiger partial charge in [0.1, 0.15) is 5.82 Å². The molecule has 0 spiro atoms. The van der Waals surface area contributed by atoms with Crippen molar-refractivity contribution in [3.63, 3.8) is 0 Å². The van der Waals surface area contributed by atoms with E-state index in [2.05, 4.69) is 79.0 Å². The molecule has 1 amide bonds. The fourth-order valence-electron chi connectivity index (χ4n) is 5.02. The molecule has 0 radical (unpaired) electrons. The van der Waals surface area contributed by atoms with Crippen LogP contribution in [-0.2, 0) is 6.54 Å². The quantitative estimate of drug-likeness (QED) is 0.256. The maximum absolute atomic E-state index is 14.2. The molecule has 1 aromatic heterocycles. The Morgan fingerprint density at radius 3 is 2.16 bits per heavy atom. The molecule has 0 saturated carbocycles. The van der Waals surface area contributed by atoms with Crippen molar-refractivity contribution in [1.29, 1.82) is 0 Å². The highest BCUT2D eigenvalue weighted by atomic mass is 16.2. The molecule has 0 saturated heterocycles. The first-order valence-electron chi connectivity index (χ1n) is 13.1. The second kappa shape index (κ2) is 11.0. The van der Waals surface area contributed by atoms with E-state index in [1.807, 2.05) is 65.7 Å². The molecule has 38 heavy (non-hydrogen) atoms. The molecule has 0 aliphatic carbocycles. The molecule has 0 bridgehead atoms. The van der Waals surface area contributed by atoms with Crippen LogP contribution in [0.3, 0.4) is 0 Å². The SMILES string of the molecule is CC(C)(C)[C@H](c1nc(-c2ccccc2)cn1Cc1ccccc1)N(CC1=CCC=N1)C(=O)c1ccccc1. The fourth-order valence-corrected chi connectivity index (χ4v) is 5.02. The summed E-state index contributed by atoms with van der Waals surface area (Å²) in [6.45, 7) is 7.62. The molecule has 1 aliphatic rings. The number of hydrogen-bond acceptors (Lipinski definition) is 3. The molecule has 3 aromatic carbocycles. The van der Waals surface area contributed by atoms with E-state index in [1.54, 1.807) is 0 Å². The van der Waals surface area contributed by atoms with Crippen LogP contribution in [0.15, 0.2) is 114 Å². The number of carbonyl (C=O) groups is 1. The summed E-state index contributed by atoms with van der Waals surface area (Å²) < 4.78 is 2.21. The minimum Gasteiger partial charge on any atom is -0.328 e. The van der Waals surface area contributed by atoms with Crippen molar-refractivity contribution >= 4 is 12.1 Å². The molecular formula is C33H34N4O. The van der Waals surface area contributed by atoms with Crippen LogP contribution in [0.2, 0.25) is 0 Å². The topological polar surface area (TPSA) is 50.5 Å². The van der Waals surface area contributed by atoms with Gasteiger partial charge in [0.2, 0.25) is 0 Å². The van der Waals surface area contributed by atoms with E-state index in [-0.39, 0.29) is 17.4 Å². The van der Waals surface area contributed by atoms with Gasteiger partial charge in [-0.1, -0.05) is 106 Å². The van der Waals surface area contributed by atoms with Gasteiger partial charge in [0.15, 0.2) is 0 Å². The Bertz CT molecular complexity index is 1430. The highest BCUT2D eigenvalue weighted by Crippen LogP contribution is 2.40. The van der Waals surface area contributed by atoms with Gasteiger partial charge in [0.05, 0.1) is 24.0 Å². The number of hydrogen-bond donors (Lipinski definition) is 0. The van der Waals surface area contributed by atoms with Crippen molar-refractivity contribution in [1.82, 2.24) is 14.5 Å². The molecule has 192 valence electrons. The summed E-state index contributed by atoms with van der Waals surface area (Å²) in [7, 11) is 0. The van der Waals surface area contributed by atoms with Crippen LogP contribution in [-0.4, -0.2) is 33.1 Å². The van der Waals surface area contributed by atoms with Gasteiger partial charge < -0.3 is 9.47 Å². The van der Waals surface area contributed by atoms with Gasteiger partial charge >= 0.3 is 0 Å². The normalized spacial score (nSPS) is 13.8. The number of imidazole rings is 1. The summed E-state index contributed by atoms with van der Waals surface area (Å²) in [5.41, 5.74) is 4.40. The number of aromatic nitrogens is 2. The minimum atomic E-state index is -0.304. The number of rotatable bonds is 8. The summed E-state index contributed by atoms with van der Waals surface area (Å²) in [5, 5.41) is 0. The van der Waals surface area contributed by atoms with Crippen LogP contribution in [0.4, 0.5) is 0 Å². The Balaban J connectivity index is 1.66. The summed E-state index contributed by atoms with van der Waals surface area (Å²) in [4.78, 5) is 25.9. The average molecular weight is 503 g/mol. The zero-order valence-electron chi connectivity index (χ0n) is 22.3. The maximum Gasteiger partial charge on any atom is 0.254 e. The van der Waals surface area contributed by atoms with Crippen LogP contribution in [0.25, 0.3) is 11.3 Å². The third kappa shape index (κ3) is 5.67. The summed E-state index contributed by atoms with van der Waals surface area (Å²) in [5.74, 6) is 0.844. The van der Waals surface area contributed by atoms with E-state index < -0.39 is 0 Å². The molecule has 0 unspecified atom stereocenters. The molecular weight excluding hydrogens is 468 g/mol. The molecule has 0 fully saturated rings. The van der Waals surface area contributed by atoms with Gasteiger partial charge in [0, 0.05) is 36.5 Å². The van der Waals surface area contributed by atoms with Crippen molar-refractivity contribution in [2.24, 2.45) is 10.4 Å². The number of carbonyl (C=O) groups excluding carboxylic acids is 1. The monoisotopic (exact) mass is 502 g/mol. The molecule has 5 rings (SSSR count). The zero-order valence-corrected chi connectivity index (χ0v) is 22.3. The maximum atomic E-state index is 14.2. The van der Waals surface area contributed by atoms with Gasteiger partial charge in [-0.15, -0.1) is 0 Å². The number of nitrogens with zero attached hydrogens (tertiary/aromatic N) is 4. The van der Waals surface area contributed by atoms with E-state index in [4.69, 9.17) is 4.98 Å².